The van der Waals surface area contributed by atoms with Crippen molar-refractivity contribution in [3.8, 4) is 0 Å². The Morgan fingerprint density at radius 2 is 2.00 bits per heavy atom. The zero-order valence-electron chi connectivity index (χ0n) is 10.1. The van der Waals surface area contributed by atoms with Crippen LogP contribution in [0.15, 0.2) is 18.2 Å². The summed E-state index contributed by atoms with van der Waals surface area (Å²) in [6.07, 6.45) is 0.197. The lowest BCUT2D eigenvalue weighted by atomic mass is 10.0. The Labute approximate surface area is 122 Å². The summed E-state index contributed by atoms with van der Waals surface area (Å²) in [6.45, 7) is 3.50. The lowest BCUT2D eigenvalue weighted by Gasteiger charge is -2.24. The molecule has 0 aliphatic heterocycles. The standard InChI is InChI=1S/C12H14Cl2N2OS/c1-12(2,11(15)18)16-10(17)6-7-3-4-8(13)9(14)5-7/h3-5H,6H2,1-2H3,(H2,15,18)(H,16,17). The van der Waals surface area contributed by atoms with Crippen LogP contribution < -0.4 is 11.1 Å². The summed E-state index contributed by atoms with van der Waals surface area (Å²) in [5.41, 5.74) is 5.61. The lowest BCUT2D eigenvalue weighted by molar-refractivity contribution is -0.121. The van der Waals surface area contributed by atoms with Gasteiger partial charge in [-0.05, 0) is 31.5 Å². The van der Waals surface area contributed by atoms with E-state index < -0.39 is 5.54 Å². The second kappa shape index (κ2) is 5.87. The molecule has 3 N–H and O–H groups in total. The fourth-order valence-electron chi connectivity index (χ4n) is 1.29. The van der Waals surface area contributed by atoms with Gasteiger partial charge in [0.05, 0.1) is 27.0 Å². The van der Waals surface area contributed by atoms with Crippen molar-refractivity contribution in [2.45, 2.75) is 25.8 Å². The van der Waals surface area contributed by atoms with Crippen LogP contribution in [0, 0.1) is 0 Å². The third-order valence-electron chi connectivity index (χ3n) is 2.42. The molecule has 1 rings (SSSR count). The maximum absolute atomic E-state index is 11.8. The first-order valence-electron chi connectivity index (χ1n) is 5.27. The Morgan fingerprint density at radius 3 is 2.50 bits per heavy atom. The van der Waals surface area contributed by atoms with Crippen molar-refractivity contribution in [2.24, 2.45) is 5.73 Å². The van der Waals surface area contributed by atoms with Crippen LogP contribution in [0.5, 0.6) is 0 Å². The maximum Gasteiger partial charge on any atom is 0.225 e. The predicted molar refractivity (Wildman–Crippen MR) is 79.2 cm³/mol. The maximum atomic E-state index is 11.8. The summed E-state index contributed by atoms with van der Waals surface area (Å²) in [6, 6.07) is 5.07. The molecule has 0 spiro atoms. The summed E-state index contributed by atoms with van der Waals surface area (Å²) in [7, 11) is 0. The third kappa shape index (κ3) is 4.12. The minimum Gasteiger partial charge on any atom is -0.391 e. The average molecular weight is 305 g/mol. The molecule has 0 atom stereocenters. The summed E-state index contributed by atoms with van der Waals surface area (Å²) >= 11 is 16.6. The van der Waals surface area contributed by atoms with Gasteiger partial charge in [-0.3, -0.25) is 4.79 Å². The number of amides is 1. The van der Waals surface area contributed by atoms with Crippen LogP contribution in [-0.4, -0.2) is 16.4 Å². The van der Waals surface area contributed by atoms with Gasteiger partial charge >= 0.3 is 0 Å². The second-order valence-corrected chi connectivity index (χ2v) is 5.72. The van der Waals surface area contributed by atoms with E-state index in [1.165, 1.54) is 0 Å². The van der Waals surface area contributed by atoms with Crippen LogP contribution in [0.3, 0.4) is 0 Å². The van der Waals surface area contributed by atoms with E-state index >= 15 is 0 Å². The molecule has 0 unspecified atom stereocenters. The van der Waals surface area contributed by atoms with Crippen molar-refractivity contribution in [1.29, 1.82) is 0 Å². The van der Waals surface area contributed by atoms with Crippen LogP contribution in [0.4, 0.5) is 0 Å². The number of carbonyl (C=O) groups is 1. The van der Waals surface area contributed by atoms with E-state index in [-0.39, 0.29) is 17.3 Å². The van der Waals surface area contributed by atoms with Crippen molar-refractivity contribution < 1.29 is 4.79 Å². The first-order chi connectivity index (χ1) is 8.22. The molecule has 0 fully saturated rings. The summed E-state index contributed by atoms with van der Waals surface area (Å²) < 4.78 is 0. The molecule has 1 aromatic rings. The van der Waals surface area contributed by atoms with Gasteiger partial charge in [0.15, 0.2) is 0 Å². The van der Waals surface area contributed by atoms with E-state index in [4.69, 9.17) is 41.2 Å². The number of nitrogens with two attached hydrogens (primary N) is 1. The van der Waals surface area contributed by atoms with Crippen molar-refractivity contribution in [3.05, 3.63) is 33.8 Å². The van der Waals surface area contributed by atoms with Gasteiger partial charge < -0.3 is 11.1 Å². The van der Waals surface area contributed by atoms with Gasteiger partial charge in [0, 0.05) is 0 Å². The average Bonchev–Trinajstić information content (AvgIpc) is 2.22. The van der Waals surface area contributed by atoms with Gasteiger partial charge in [-0.25, -0.2) is 0 Å². The molecule has 6 heteroatoms. The van der Waals surface area contributed by atoms with Crippen LogP contribution in [0.1, 0.15) is 19.4 Å². The fourth-order valence-corrected chi connectivity index (χ4v) is 1.66. The van der Waals surface area contributed by atoms with Crippen LogP contribution in [-0.2, 0) is 11.2 Å². The molecule has 1 amide bonds. The van der Waals surface area contributed by atoms with Crippen molar-refractivity contribution >= 4 is 46.3 Å². The van der Waals surface area contributed by atoms with Gasteiger partial charge in [0.1, 0.15) is 0 Å². The van der Waals surface area contributed by atoms with Crippen molar-refractivity contribution in [2.75, 3.05) is 0 Å². The number of benzene rings is 1. The van der Waals surface area contributed by atoms with Crippen molar-refractivity contribution in [1.82, 2.24) is 5.32 Å². The monoisotopic (exact) mass is 304 g/mol. The zero-order valence-corrected chi connectivity index (χ0v) is 12.4. The normalized spacial score (nSPS) is 11.1. The Balaban J connectivity index is 2.71. The highest BCUT2D eigenvalue weighted by atomic mass is 35.5. The highest BCUT2D eigenvalue weighted by Crippen LogP contribution is 2.22. The van der Waals surface area contributed by atoms with Gasteiger partial charge in [0.25, 0.3) is 0 Å². The zero-order chi connectivity index (χ0) is 13.9. The van der Waals surface area contributed by atoms with E-state index in [1.54, 1.807) is 32.0 Å². The molecule has 18 heavy (non-hydrogen) atoms. The molecular formula is C12H14Cl2N2OS. The van der Waals surface area contributed by atoms with E-state index in [1.807, 2.05) is 0 Å². The molecule has 0 radical (unpaired) electrons. The Hall–Kier alpha value is -0.840. The number of nitrogens with one attached hydrogen (secondary N) is 1. The van der Waals surface area contributed by atoms with E-state index in [9.17, 15) is 4.79 Å². The van der Waals surface area contributed by atoms with E-state index in [2.05, 4.69) is 5.32 Å². The highest BCUT2D eigenvalue weighted by Gasteiger charge is 2.23. The molecule has 0 aromatic heterocycles. The quantitative estimate of drug-likeness (QED) is 0.841. The second-order valence-electron chi connectivity index (χ2n) is 4.46. The largest absolute Gasteiger partial charge is 0.391 e. The molecule has 0 bridgehead atoms. The molecule has 0 saturated heterocycles. The number of carbonyl (C=O) groups excluding carboxylic acids is 1. The van der Waals surface area contributed by atoms with Crippen molar-refractivity contribution in [3.63, 3.8) is 0 Å². The van der Waals surface area contributed by atoms with Crippen LogP contribution in [0.2, 0.25) is 10.0 Å². The first kappa shape index (κ1) is 15.2. The van der Waals surface area contributed by atoms with Gasteiger partial charge in [-0.1, -0.05) is 41.5 Å². The molecule has 0 saturated carbocycles. The number of thiocarbonyl (C=S) groups is 1. The van der Waals surface area contributed by atoms with Crippen LogP contribution >= 0.6 is 35.4 Å². The lowest BCUT2D eigenvalue weighted by Crippen LogP contribution is -2.52. The molecule has 98 valence electrons. The Morgan fingerprint density at radius 1 is 1.39 bits per heavy atom. The van der Waals surface area contributed by atoms with Crippen LogP contribution in [0.25, 0.3) is 0 Å². The Kier molecular flexibility index (Phi) is 4.96. The minimum atomic E-state index is -0.706. The first-order valence-corrected chi connectivity index (χ1v) is 6.43. The number of hydrogen-bond acceptors (Lipinski definition) is 2. The molecule has 0 heterocycles. The number of hydrogen-bond donors (Lipinski definition) is 2. The predicted octanol–water partition coefficient (Wildman–Crippen LogP) is 2.72. The van der Waals surface area contributed by atoms with Gasteiger partial charge in [-0.15, -0.1) is 0 Å². The Bertz CT molecular complexity index is 489. The number of halogens is 2. The molecule has 0 aliphatic carbocycles. The van der Waals surface area contributed by atoms with E-state index in [0.29, 0.717) is 10.0 Å². The smallest absolute Gasteiger partial charge is 0.225 e. The minimum absolute atomic E-state index is 0.175. The highest BCUT2D eigenvalue weighted by molar-refractivity contribution is 7.80. The topological polar surface area (TPSA) is 55.1 Å². The summed E-state index contributed by atoms with van der Waals surface area (Å²) in [4.78, 5) is 12.1. The van der Waals surface area contributed by atoms with E-state index in [0.717, 1.165) is 5.56 Å². The summed E-state index contributed by atoms with van der Waals surface area (Å²) in [5, 5.41) is 3.65. The summed E-state index contributed by atoms with van der Waals surface area (Å²) in [5.74, 6) is -0.175. The van der Waals surface area contributed by atoms with Gasteiger partial charge in [0.2, 0.25) is 5.91 Å². The molecular weight excluding hydrogens is 291 g/mol. The fraction of sp³-hybridized carbons (Fsp3) is 0.333. The third-order valence-corrected chi connectivity index (χ3v) is 3.67. The molecule has 3 nitrogen and oxygen atoms in total. The number of rotatable bonds is 4. The molecule has 0 aliphatic rings. The van der Waals surface area contributed by atoms with Gasteiger partial charge in [-0.2, -0.15) is 0 Å². The SMILES string of the molecule is CC(C)(NC(=O)Cc1ccc(Cl)c(Cl)c1)C(N)=S. The molecule has 1 aromatic carbocycles.